The first-order valence-electron chi connectivity index (χ1n) is 6.71. The number of hydrogen-bond acceptors (Lipinski definition) is 5. The zero-order valence-electron chi connectivity index (χ0n) is 12.1. The third-order valence-electron chi connectivity index (χ3n) is 3.07. The molecule has 0 fully saturated rings. The molecule has 1 rings (SSSR count). The van der Waals surface area contributed by atoms with E-state index in [1.165, 1.54) is 18.2 Å². The lowest BCUT2D eigenvalue weighted by molar-refractivity contribution is -0.384. The summed E-state index contributed by atoms with van der Waals surface area (Å²) in [6, 6.07) is 4.11. The van der Waals surface area contributed by atoms with Crippen LogP contribution in [0.1, 0.15) is 36.5 Å². The number of Topliss-reactive ketones (excluding diaryl/α,β-unsaturated/α-hetero) is 1. The molecule has 0 saturated carbocycles. The fourth-order valence-electron chi connectivity index (χ4n) is 1.77. The van der Waals surface area contributed by atoms with Gasteiger partial charge < -0.3 is 11.1 Å². The first-order chi connectivity index (χ1) is 10.3. The van der Waals surface area contributed by atoms with Crippen molar-refractivity contribution in [3.8, 4) is 0 Å². The fraction of sp³-hybridized carbons (Fsp3) is 0.357. The number of rotatable bonds is 8. The van der Waals surface area contributed by atoms with Crippen molar-refractivity contribution in [2.45, 2.75) is 32.2 Å². The number of nitrogens with zero attached hydrogens (tertiary/aromatic N) is 1. The molecule has 3 N–H and O–H groups in total. The molecule has 1 aromatic carbocycles. The van der Waals surface area contributed by atoms with E-state index in [0.717, 1.165) is 6.07 Å². The Hall–Kier alpha value is -2.77. The molecule has 0 saturated heterocycles. The van der Waals surface area contributed by atoms with Gasteiger partial charge in [-0.3, -0.25) is 24.5 Å². The third kappa shape index (κ3) is 4.97. The number of benzene rings is 1. The summed E-state index contributed by atoms with van der Waals surface area (Å²) in [4.78, 5) is 44.7. The van der Waals surface area contributed by atoms with E-state index in [4.69, 9.17) is 5.73 Å². The predicted octanol–water partition coefficient (Wildman–Crippen LogP) is 0.938. The minimum Gasteiger partial charge on any atom is -0.368 e. The lowest BCUT2D eigenvalue weighted by Crippen LogP contribution is -2.44. The van der Waals surface area contributed by atoms with Crippen LogP contribution in [-0.2, 0) is 9.59 Å². The Morgan fingerprint density at radius 1 is 1.36 bits per heavy atom. The van der Waals surface area contributed by atoms with Crippen LogP contribution >= 0.6 is 0 Å². The summed E-state index contributed by atoms with van der Waals surface area (Å²) in [7, 11) is 0. The molecular weight excluding hydrogens is 290 g/mol. The molecule has 0 bridgehead atoms. The first kappa shape index (κ1) is 17.3. The Bertz CT molecular complexity index is 600. The maximum atomic E-state index is 12.0. The standard InChI is InChI=1S/C14H17N3O5/c1-2-11(18)6-7-12(13(15)19)16-14(20)9-4-3-5-10(8-9)17(21)22/h3-5,8,12H,2,6-7H2,1H3,(H2,15,19)(H,16,20)/t12-/m1/s1. The second kappa shape index (κ2) is 7.87. The Morgan fingerprint density at radius 2 is 2.05 bits per heavy atom. The van der Waals surface area contributed by atoms with Gasteiger partial charge in [0.1, 0.15) is 11.8 Å². The molecule has 118 valence electrons. The molecule has 1 aromatic rings. The van der Waals surface area contributed by atoms with E-state index in [-0.39, 0.29) is 29.9 Å². The number of nitrogens with two attached hydrogens (primary N) is 1. The van der Waals surface area contributed by atoms with Crippen LogP contribution < -0.4 is 11.1 Å². The van der Waals surface area contributed by atoms with Gasteiger partial charge in [-0.05, 0) is 12.5 Å². The molecule has 0 aliphatic rings. The number of hydrogen-bond donors (Lipinski definition) is 2. The van der Waals surface area contributed by atoms with Gasteiger partial charge in [-0.25, -0.2) is 0 Å². The molecule has 0 aliphatic carbocycles. The van der Waals surface area contributed by atoms with Crippen LogP contribution in [0.4, 0.5) is 5.69 Å². The molecule has 2 amide bonds. The minimum absolute atomic E-state index is 0.0438. The van der Waals surface area contributed by atoms with Crippen molar-refractivity contribution in [2.75, 3.05) is 0 Å². The largest absolute Gasteiger partial charge is 0.368 e. The van der Waals surface area contributed by atoms with Crippen LogP contribution in [0.3, 0.4) is 0 Å². The number of nitro groups is 1. The SMILES string of the molecule is CCC(=O)CC[C@@H](NC(=O)c1cccc([N+](=O)[O-])c1)C(N)=O. The maximum absolute atomic E-state index is 12.0. The van der Waals surface area contributed by atoms with E-state index < -0.39 is 22.8 Å². The number of ketones is 1. The van der Waals surface area contributed by atoms with Crippen LogP contribution in [0.2, 0.25) is 0 Å². The molecule has 0 aliphatic heterocycles. The van der Waals surface area contributed by atoms with Crippen molar-refractivity contribution < 1.29 is 19.3 Å². The van der Waals surface area contributed by atoms with Crippen LogP contribution in [-0.4, -0.2) is 28.6 Å². The number of non-ortho nitro benzene ring substituents is 1. The van der Waals surface area contributed by atoms with E-state index in [0.29, 0.717) is 6.42 Å². The average molecular weight is 307 g/mol. The Labute approximate surface area is 126 Å². The molecule has 22 heavy (non-hydrogen) atoms. The second-order valence-corrected chi connectivity index (χ2v) is 4.67. The molecule has 8 nitrogen and oxygen atoms in total. The summed E-state index contributed by atoms with van der Waals surface area (Å²) in [5.41, 5.74) is 5.01. The highest BCUT2D eigenvalue weighted by Crippen LogP contribution is 2.13. The molecule has 0 aromatic heterocycles. The van der Waals surface area contributed by atoms with Gasteiger partial charge in [0.25, 0.3) is 11.6 Å². The normalized spacial score (nSPS) is 11.5. The van der Waals surface area contributed by atoms with E-state index in [1.54, 1.807) is 6.92 Å². The number of nitro benzene ring substituents is 1. The van der Waals surface area contributed by atoms with Crippen LogP contribution in [0.15, 0.2) is 24.3 Å². The summed E-state index contributed by atoms with van der Waals surface area (Å²) >= 11 is 0. The van der Waals surface area contributed by atoms with Gasteiger partial charge in [-0.15, -0.1) is 0 Å². The maximum Gasteiger partial charge on any atom is 0.270 e. The fourth-order valence-corrected chi connectivity index (χ4v) is 1.77. The Morgan fingerprint density at radius 3 is 2.59 bits per heavy atom. The molecular formula is C14H17N3O5. The lowest BCUT2D eigenvalue weighted by atomic mass is 10.1. The summed E-state index contributed by atoms with van der Waals surface area (Å²) in [5, 5.41) is 13.1. The lowest BCUT2D eigenvalue weighted by Gasteiger charge is -2.15. The number of amides is 2. The van der Waals surface area contributed by atoms with Crippen molar-refractivity contribution in [1.29, 1.82) is 0 Å². The van der Waals surface area contributed by atoms with Crippen LogP contribution in [0.5, 0.6) is 0 Å². The first-order valence-corrected chi connectivity index (χ1v) is 6.71. The summed E-state index contributed by atoms with van der Waals surface area (Å²) in [6.07, 6.45) is 0.562. The van der Waals surface area contributed by atoms with Crippen molar-refractivity contribution >= 4 is 23.3 Å². The quantitative estimate of drug-likeness (QED) is 0.544. The number of carbonyl (C=O) groups is 3. The Kier molecular flexibility index (Phi) is 6.18. The summed E-state index contributed by atoms with van der Waals surface area (Å²) in [5.74, 6) is -1.46. The number of primary amides is 1. The monoisotopic (exact) mass is 307 g/mol. The minimum atomic E-state index is -0.998. The van der Waals surface area contributed by atoms with Crippen LogP contribution in [0, 0.1) is 10.1 Å². The van der Waals surface area contributed by atoms with Crippen LogP contribution in [0.25, 0.3) is 0 Å². The topological polar surface area (TPSA) is 132 Å². The van der Waals surface area contributed by atoms with Gasteiger partial charge in [0.2, 0.25) is 5.91 Å². The smallest absolute Gasteiger partial charge is 0.270 e. The van der Waals surface area contributed by atoms with Gasteiger partial charge in [-0.1, -0.05) is 13.0 Å². The van der Waals surface area contributed by atoms with Gasteiger partial charge in [0.05, 0.1) is 4.92 Å². The van der Waals surface area contributed by atoms with E-state index in [2.05, 4.69) is 5.32 Å². The second-order valence-electron chi connectivity index (χ2n) is 4.67. The zero-order valence-corrected chi connectivity index (χ0v) is 12.1. The number of nitrogens with one attached hydrogen (secondary N) is 1. The van der Waals surface area contributed by atoms with E-state index in [1.807, 2.05) is 0 Å². The van der Waals surface area contributed by atoms with Crippen molar-refractivity contribution in [2.24, 2.45) is 5.73 Å². The highest BCUT2D eigenvalue weighted by Gasteiger charge is 2.20. The molecule has 0 unspecified atom stereocenters. The predicted molar refractivity (Wildman–Crippen MR) is 78.1 cm³/mol. The summed E-state index contributed by atoms with van der Waals surface area (Å²) < 4.78 is 0. The Balaban J connectivity index is 2.78. The van der Waals surface area contributed by atoms with Gasteiger partial charge in [0.15, 0.2) is 0 Å². The molecule has 1 atom stereocenters. The van der Waals surface area contributed by atoms with Crippen molar-refractivity contribution in [3.63, 3.8) is 0 Å². The van der Waals surface area contributed by atoms with Crippen molar-refractivity contribution in [3.05, 3.63) is 39.9 Å². The summed E-state index contributed by atoms with van der Waals surface area (Å²) in [6.45, 7) is 1.70. The van der Waals surface area contributed by atoms with E-state index >= 15 is 0 Å². The molecule has 0 radical (unpaired) electrons. The highest BCUT2D eigenvalue weighted by molar-refractivity contribution is 5.97. The van der Waals surface area contributed by atoms with Gasteiger partial charge in [0, 0.05) is 30.5 Å². The number of carbonyl (C=O) groups excluding carboxylic acids is 3. The van der Waals surface area contributed by atoms with Gasteiger partial charge in [-0.2, -0.15) is 0 Å². The van der Waals surface area contributed by atoms with Crippen molar-refractivity contribution in [1.82, 2.24) is 5.32 Å². The molecule has 0 spiro atoms. The molecule has 8 heteroatoms. The average Bonchev–Trinajstić information content (AvgIpc) is 2.50. The van der Waals surface area contributed by atoms with E-state index in [9.17, 15) is 24.5 Å². The zero-order chi connectivity index (χ0) is 16.7. The van der Waals surface area contributed by atoms with Gasteiger partial charge >= 0.3 is 0 Å². The highest BCUT2D eigenvalue weighted by atomic mass is 16.6. The third-order valence-corrected chi connectivity index (χ3v) is 3.07. The molecule has 0 heterocycles.